The molecule has 0 aromatic carbocycles. The van der Waals surface area contributed by atoms with Crippen LogP contribution in [0, 0.1) is 0 Å². The molecule has 8 nitrogen and oxygen atoms in total. The van der Waals surface area contributed by atoms with Crippen LogP contribution in [0.25, 0.3) is 22.4 Å². The topological polar surface area (TPSA) is 106 Å². The van der Waals surface area contributed by atoms with Crippen LogP contribution in [0.15, 0.2) is 44.7 Å². The molecule has 0 aliphatic carbocycles. The number of furan rings is 2. The van der Waals surface area contributed by atoms with Crippen molar-refractivity contribution in [1.29, 1.82) is 0 Å². The van der Waals surface area contributed by atoms with E-state index >= 15 is 0 Å². The van der Waals surface area contributed by atoms with E-state index in [4.69, 9.17) is 14.6 Å². The number of aliphatic imine (C=N–C) groups is 1. The summed E-state index contributed by atoms with van der Waals surface area (Å²) in [4.78, 5) is 15.2. The van der Waals surface area contributed by atoms with E-state index in [0.29, 0.717) is 29.3 Å². The van der Waals surface area contributed by atoms with Crippen LogP contribution in [0.3, 0.4) is 0 Å². The Balaban J connectivity index is 1.79. The van der Waals surface area contributed by atoms with Crippen molar-refractivity contribution in [3.8, 4) is 11.3 Å². The first-order valence-corrected chi connectivity index (χ1v) is 7.63. The molecular formula is C16H20N6O2. The zero-order chi connectivity index (χ0) is 16.9. The summed E-state index contributed by atoms with van der Waals surface area (Å²) < 4.78 is 10.6. The monoisotopic (exact) mass is 328 g/mol. The Morgan fingerprint density at radius 3 is 2.92 bits per heavy atom. The smallest absolute Gasteiger partial charge is 0.230 e. The normalized spacial score (nSPS) is 12.2. The molecule has 0 radical (unpaired) electrons. The van der Waals surface area contributed by atoms with E-state index in [1.54, 1.807) is 24.9 Å². The van der Waals surface area contributed by atoms with Gasteiger partial charge < -0.3 is 19.5 Å². The number of anilines is 1. The highest BCUT2D eigenvalue weighted by atomic mass is 16.3. The first-order chi connectivity index (χ1) is 11.6. The van der Waals surface area contributed by atoms with Crippen molar-refractivity contribution < 1.29 is 8.83 Å². The molecule has 0 unspecified atom stereocenters. The number of hydrogen-bond donors (Lipinski definition) is 2. The van der Waals surface area contributed by atoms with Gasteiger partial charge in [-0.3, -0.25) is 10.3 Å². The van der Waals surface area contributed by atoms with Crippen molar-refractivity contribution in [3.63, 3.8) is 0 Å². The number of fused-ring (bicyclic) bond motifs is 1. The van der Waals surface area contributed by atoms with Crippen LogP contribution in [0.4, 0.5) is 5.95 Å². The third kappa shape index (κ3) is 3.72. The second kappa shape index (κ2) is 7.14. The average Bonchev–Trinajstić information content (AvgIpc) is 3.21. The number of nitrogens with two attached hydrogens (primary N) is 1. The molecule has 0 saturated carbocycles. The third-order valence-electron chi connectivity index (χ3n) is 3.38. The minimum Gasteiger partial charge on any atom is -0.472 e. The molecule has 0 bridgehead atoms. The minimum atomic E-state index is 0.287. The van der Waals surface area contributed by atoms with E-state index in [0.717, 1.165) is 18.5 Å². The van der Waals surface area contributed by atoms with Gasteiger partial charge in [0.05, 0.1) is 18.8 Å². The van der Waals surface area contributed by atoms with Gasteiger partial charge in [0.1, 0.15) is 11.2 Å². The van der Waals surface area contributed by atoms with E-state index in [2.05, 4.69) is 25.2 Å². The van der Waals surface area contributed by atoms with Crippen molar-refractivity contribution in [1.82, 2.24) is 14.9 Å². The fourth-order valence-corrected chi connectivity index (χ4v) is 2.25. The molecule has 126 valence electrons. The summed E-state index contributed by atoms with van der Waals surface area (Å²) in [6.45, 7) is 1.60. The van der Waals surface area contributed by atoms with Crippen LogP contribution in [-0.4, -0.2) is 48.0 Å². The Bertz CT molecular complexity index is 822. The molecule has 3 N–H and O–H groups in total. The summed E-state index contributed by atoms with van der Waals surface area (Å²) in [5, 5.41) is 2.93. The lowest BCUT2D eigenvalue weighted by molar-refractivity contribution is 0.403. The Kier molecular flexibility index (Phi) is 4.76. The lowest BCUT2D eigenvalue weighted by Gasteiger charge is -2.08. The van der Waals surface area contributed by atoms with Crippen LogP contribution < -0.4 is 11.1 Å². The summed E-state index contributed by atoms with van der Waals surface area (Å²) in [5.41, 5.74) is 8.65. The van der Waals surface area contributed by atoms with Crippen molar-refractivity contribution in [2.24, 2.45) is 10.7 Å². The number of rotatable bonds is 6. The first kappa shape index (κ1) is 16.0. The fourth-order valence-electron chi connectivity index (χ4n) is 2.25. The number of aromatic nitrogens is 2. The third-order valence-corrected chi connectivity index (χ3v) is 3.38. The minimum absolute atomic E-state index is 0.287. The molecule has 0 amide bonds. The molecule has 0 saturated heterocycles. The summed E-state index contributed by atoms with van der Waals surface area (Å²) in [6.07, 6.45) is 5.69. The number of nitrogens with zero attached hydrogens (tertiary/aromatic N) is 4. The van der Waals surface area contributed by atoms with Crippen LogP contribution in [0.5, 0.6) is 0 Å². The lowest BCUT2D eigenvalue weighted by Crippen LogP contribution is -2.24. The van der Waals surface area contributed by atoms with E-state index < -0.39 is 0 Å². The Morgan fingerprint density at radius 1 is 1.29 bits per heavy atom. The van der Waals surface area contributed by atoms with Gasteiger partial charge in [0.2, 0.25) is 5.95 Å². The fraction of sp³-hybridized carbons (Fsp3) is 0.312. The van der Waals surface area contributed by atoms with Gasteiger partial charge in [-0.25, -0.2) is 9.97 Å². The molecule has 0 atom stereocenters. The number of guanidine groups is 1. The summed E-state index contributed by atoms with van der Waals surface area (Å²) >= 11 is 0. The van der Waals surface area contributed by atoms with E-state index in [9.17, 15) is 0 Å². The van der Waals surface area contributed by atoms with Gasteiger partial charge in [0, 0.05) is 18.2 Å². The predicted octanol–water partition coefficient (Wildman–Crippen LogP) is 2.16. The highest BCUT2D eigenvalue weighted by Gasteiger charge is 2.14. The van der Waals surface area contributed by atoms with E-state index in [-0.39, 0.29) is 5.96 Å². The molecule has 3 heterocycles. The second-order valence-electron chi connectivity index (χ2n) is 5.59. The highest BCUT2D eigenvalue weighted by Crippen LogP contribution is 2.28. The Labute approximate surface area is 139 Å². The van der Waals surface area contributed by atoms with Gasteiger partial charge in [-0.15, -0.1) is 0 Å². The molecule has 0 fully saturated rings. The lowest BCUT2D eigenvalue weighted by atomic mass is 10.2. The summed E-state index contributed by atoms with van der Waals surface area (Å²) in [7, 11) is 4.05. The maximum absolute atomic E-state index is 5.91. The van der Waals surface area contributed by atoms with Crippen molar-refractivity contribution in [2.75, 3.05) is 32.5 Å². The molecule has 0 aliphatic heterocycles. The second-order valence-corrected chi connectivity index (χ2v) is 5.59. The molecule has 3 aromatic heterocycles. The van der Waals surface area contributed by atoms with E-state index in [1.165, 1.54) is 0 Å². The highest BCUT2D eigenvalue weighted by molar-refractivity contribution is 5.93. The number of hydrogen-bond acceptors (Lipinski definition) is 6. The zero-order valence-electron chi connectivity index (χ0n) is 13.7. The molecule has 3 rings (SSSR count). The van der Waals surface area contributed by atoms with E-state index in [1.807, 2.05) is 20.2 Å². The average molecular weight is 328 g/mol. The summed E-state index contributed by atoms with van der Waals surface area (Å²) in [5.74, 6) is 0.656. The van der Waals surface area contributed by atoms with Gasteiger partial charge in [-0.1, -0.05) is 0 Å². The molecule has 24 heavy (non-hydrogen) atoms. The Morgan fingerprint density at radius 2 is 2.17 bits per heavy atom. The van der Waals surface area contributed by atoms with Gasteiger partial charge >= 0.3 is 0 Å². The zero-order valence-corrected chi connectivity index (χ0v) is 13.7. The maximum Gasteiger partial charge on any atom is 0.230 e. The van der Waals surface area contributed by atoms with Gasteiger partial charge in [-0.2, -0.15) is 0 Å². The van der Waals surface area contributed by atoms with Gasteiger partial charge in [-0.05, 0) is 33.1 Å². The molecule has 3 aromatic rings. The molecule has 0 aliphatic rings. The van der Waals surface area contributed by atoms with Gasteiger partial charge in [0.25, 0.3) is 0 Å². The van der Waals surface area contributed by atoms with Crippen LogP contribution in [-0.2, 0) is 0 Å². The Hall–Kier alpha value is -2.87. The molecule has 0 spiro atoms. The van der Waals surface area contributed by atoms with Crippen molar-refractivity contribution in [3.05, 3.63) is 30.9 Å². The number of nitrogens with one attached hydrogen (secondary N) is 1. The summed E-state index contributed by atoms with van der Waals surface area (Å²) in [6, 6.07) is 3.59. The van der Waals surface area contributed by atoms with Gasteiger partial charge in [0.15, 0.2) is 11.5 Å². The predicted molar refractivity (Wildman–Crippen MR) is 92.8 cm³/mol. The largest absolute Gasteiger partial charge is 0.472 e. The molecule has 8 heteroatoms. The first-order valence-electron chi connectivity index (χ1n) is 7.63. The standard InChI is InChI=1S/C16H20N6O2/c1-22(2)7-3-6-18-15(17)21-16-19-12-5-9-24-14(12)13(20-16)11-4-8-23-10-11/h4-5,8-10H,3,6-7H2,1-2H3,(H3,17,18,19,20,21). The van der Waals surface area contributed by atoms with Crippen molar-refractivity contribution >= 4 is 23.0 Å². The van der Waals surface area contributed by atoms with Crippen molar-refractivity contribution in [2.45, 2.75) is 6.42 Å². The van der Waals surface area contributed by atoms with Crippen LogP contribution >= 0.6 is 0 Å². The maximum atomic E-state index is 5.91. The van der Waals surface area contributed by atoms with Crippen LogP contribution in [0.1, 0.15) is 6.42 Å². The SMILES string of the molecule is CN(C)CCCN=C(N)Nc1nc(-c2ccoc2)c2occc2n1. The van der Waals surface area contributed by atoms with Crippen LogP contribution in [0.2, 0.25) is 0 Å². The molecular weight excluding hydrogens is 308 g/mol. The quantitative estimate of drug-likeness (QED) is 0.406.